The van der Waals surface area contributed by atoms with E-state index in [0.717, 1.165) is 54.1 Å². The molecule has 1 saturated carbocycles. The van der Waals surface area contributed by atoms with Gasteiger partial charge >= 0.3 is 0 Å². The summed E-state index contributed by atoms with van der Waals surface area (Å²) >= 11 is 0. The molecule has 1 fully saturated rings. The van der Waals surface area contributed by atoms with Gasteiger partial charge in [-0.25, -0.2) is 9.50 Å². The van der Waals surface area contributed by atoms with Crippen LogP contribution < -0.4 is 16.8 Å². The Bertz CT molecular complexity index is 917. The van der Waals surface area contributed by atoms with Gasteiger partial charge in [0.2, 0.25) is 0 Å². The van der Waals surface area contributed by atoms with Gasteiger partial charge in [-0.3, -0.25) is 0 Å². The van der Waals surface area contributed by atoms with E-state index in [4.69, 9.17) is 16.6 Å². The molecule has 0 saturated heterocycles. The second-order valence-electron chi connectivity index (χ2n) is 7.48. The maximum Gasteiger partial charge on any atom is 0.177 e. The Morgan fingerprint density at radius 1 is 1.08 bits per heavy atom. The van der Waals surface area contributed by atoms with E-state index in [1.165, 1.54) is 11.1 Å². The number of nitrogens with one attached hydrogen (secondary N) is 1. The summed E-state index contributed by atoms with van der Waals surface area (Å²) in [6.45, 7) is 4.20. The highest BCUT2D eigenvalue weighted by Gasteiger charge is 2.27. The molecule has 1 aliphatic carbocycles. The molecule has 0 amide bonds. The third kappa shape index (κ3) is 3.12. The minimum Gasteiger partial charge on any atom is -0.395 e. The van der Waals surface area contributed by atoms with Crippen molar-refractivity contribution in [2.45, 2.75) is 51.5 Å². The molecule has 1 aliphatic rings. The highest BCUT2D eigenvalue weighted by atomic mass is 15.3. The molecule has 0 radical (unpaired) electrons. The molecule has 2 heterocycles. The lowest BCUT2D eigenvalue weighted by atomic mass is 9.81. The van der Waals surface area contributed by atoms with Crippen LogP contribution in [0.15, 0.2) is 30.6 Å². The van der Waals surface area contributed by atoms with E-state index in [1.807, 2.05) is 6.20 Å². The van der Waals surface area contributed by atoms with Crippen LogP contribution in [0.5, 0.6) is 0 Å². The van der Waals surface area contributed by atoms with Crippen molar-refractivity contribution in [3.05, 3.63) is 47.3 Å². The Hall–Kier alpha value is -2.60. The van der Waals surface area contributed by atoms with Crippen molar-refractivity contribution in [3.8, 4) is 0 Å². The Balaban J connectivity index is 1.80. The van der Waals surface area contributed by atoms with E-state index < -0.39 is 0 Å². The largest absolute Gasteiger partial charge is 0.395 e. The normalized spacial score (nSPS) is 20.4. The predicted molar refractivity (Wildman–Crippen MR) is 106 cm³/mol. The van der Waals surface area contributed by atoms with Gasteiger partial charge in [-0.2, -0.15) is 0 Å². The molecule has 0 atom stereocenters. The van der Waals surface area contributed by atoms with Crippen LogP contribution in [0.2, 0.25) is 0 Å². The van der Waals surface area contributed by atoms with Crippen LogP contribution in [0.4, 0.5) is 17.2 Å². The van der Waals surface area contributed by atoms with Crippen molar-refractivity contribution < 1.29 is 0 Å². The van der Waals surface area contributed by atoms with Crippen LogP contribution in [0.3, 0.4) is 0 Å². The molecule has 0 bridgehead atoms. The monoisotopic (exact) mass is 350 g/mol. The van der Waals surface area contributed by atoms with Gasteiger partial charge in [0.05, 0.1) is 5.69 Å². The van der Waals surface area contributed by atoms with Crippen LogP contribution in [0, 0.1) is 13.8 Å². The number of fused-ring (bicyclic) bond motifs is 1. The average Bonchev–Trinajstić information content (AvgIpc) is 3.04. The number of imidazole rings is 1. The smallest absolute Gasteiger partial charge is 0.177 e. The van der Waals surface area contributed by atoms with Gasteiger partial charge in [0.1, 0.15) is 0 Å². The fourth-order valence-corrected chi connectivity index (χ4v) is 4.08. The second-order valence-corrected chi connectivity index (χ2v) is 7.48. The average molecular weight is 350 g/mol. The first kappa shape index (κ1) is 16.8. The molecule has 6 heteroatoms. The van der Waals surface area contributed by atoms with Crippen molar-refractivity contribution in [2.24, 2.45) is 5.73 Å². The van der Waals surface area contributed by atoms with Gasteiger partial charge in [0.25, 0.3) is 0 Å². The minimum absolute atomic E-state index is 0.298. The van der Waals surface area contributed by atoms with Crippen LogP contribution in [0.25, 0.3) is 5.65 Å². The van der Waals surface area contributed by atoms with Crippen molar-refractivity contribution in [1.29, 1.82) is 0 Å². The molecule has 136 valence electrons. The van der Waals surface area contributed by atoms with Gasteiger partial charge in [0, 0.05) is 29.7 Å². The highest BCUT2D eigenvalue weighted by molar-refractivity contribution is 5.76. The summed E-state index contributed by atoms with van der Waals surface area (Å²) in [6, 6.07) is 6.72. The number of hydrogen-bond acceptors (Lipinski definition) is 5. The standard InChI is InChI=1S/C20H26N6/c1-12-9-13(2)11-16(10-12)24-19-17(14-3-5-15(21)6-4-14)18(22)20-23-7-8-26(20)25-19/h7-11,14-15H,3-6,21-22H2,1-2H3,(H,24,25). The number of benzene rings is 1. The lowest BCUT2D eigenvalue weighted by Crippen LogP contribution is -2.26. The SMILES string of the molecule is Cc1cc(C)cc(Nc2nn3ccnc3c(N)c2C2CCC(N)CC2)c1. The maximum absolute atomic E-state index is 6.55. The summed E-state index contributed by atoms with van der Waals surface area (Å²) in [5, 5.41) is 8.29. The molecule has 3 aromatic rings. The first-order valence-electron chi connectivity index (χ1n) is 9.25. The first-order valence-corrected chi connectivity index (χ1v) is 9.25. The fourth-order valence-electron chi connectivity index (χ4n) is 4.08. The van der Waals surface area contributed by atoms with E-state index in [1.54, 1.807) is 10.7 Å². The molecular weight excluding hydrogens is 324 g/mol. The summed E-state index contributed by atoms with van der Waals surface area (Å²) in [7, 11) is 0. The Kier molecular flexibility index (Phi) is 4.28. The Labute approximate surface area is 153 Å². The quantitative estimate of drug-likeness (QED) is 0.670. The van der Waals surface area contributed by atoms with Crippen molar-refractivity contribution in [1.82, 2.24) is 14.6 Å². The Morgan fingerprint density at radius 2 is 1.77 bits per heavy atom. The molecule has 4 rings (SSSR count). The van der Waals surface area contributed by atoms with Gasteiger partial charge in [-0.05, 0) is 68.7 Å². The topological polar surface area (TPSA) is 94.3 Å². The van der Waals surface area contributed by atoms with Crippen LogP contribution in [-0.4, -0.2) is 20.6 Å². The van der Waals surface area contributed by atoms with E-state index in [-0.39, 0.29) is 0 Å². The van der Waals surface area contributed by atoms with Crippen molar-refractivity contribution in [2.75, 3.05) is 11.1 Å². The van der Waals surface area contributed by atoms with Crippen LogP contribution in [-0.2, 0) is 0 Å². The molecule has 6 nitrogen and oxygen atoms in total. The number of anilines is 3. The number of rotatable bonds is 3. The lowest BCUT2D eigenvalue weighted by molar-refractivity contribution is 0.396. The van der Waals surface area contributed by atoms with E-state index in [0.29, 0.717) is 12.0 Å². The summed E-state index contributed by atoms with van der Waals surface area (Å²) in [6.07, 6.45) is 7.68. The summed E-state index contributed by atoms with van der Waals surface area (Å²) in [5.41, 5.74) is 18.6. The van der Waals surface area contributed by atoms with E-state index >= 15 is 0 Å². The van der Waals surface area contributed by atoms with Gasteiger partial charge < -0.3 is 16.8 Å². The number of hydrogen-bond donors (Lipinski definition) is 3. The van der Waals surface area contributed by atoms with Crippen molar-refractivity contribution >= 4 is 22.8 Å². The molecule has 26 heavy (non-hydrogen) atoms. The number of nitrogens with zero attached hydrogens (tertiary/aromatic N) is 3. The van der Waals surface area contributed by atoms with E-state index in [9.17, 15) is 0 Å². The zero-order valence-corrected chi connectivity index (χ0v) is 15.4. The highest BCUT2D eigenvalue weighted by Crippen LogP contribution is 2.40. The first-order chi connectivity index (χ1) is 12.5. The molecule has 0 spiro atoms. The lowest BCUT2D eigenvalue weighted by Gasteiger charge is -2.28. The summed E-state index contributed by atoms with van der Waals surface area (Å²) < 4.78 is 1.75. The number of aromatic nitrogens is 3. The van der Waals surface area contributed by atoms with Gasteiger partial charge in [-0.1, -0.05) is 6.07 Å². The van der Waals surface area contributed by atoms with Crippen LogP contribution in [0.1, 0.15) is 48.3 Å². The molecule has 5 N–H and O–H groups in total. The molecule has 2 aromatic heterocycles. The Morgan fingerprint density at radius 3 is 2.46 bits per heavy atom. The molecular formula is C20H26N6. The minimum atomic E-state index is 0.298. The van der Waals surface area contributed by atoms with Gasteiger partial charge in [-0.15, -0.1) is 5.10 Å². The second kappa shape index (κ2) is 6.61. The zero-order valence-electron chi connectivity index (χ0n) is 15.4. The fraction of sp³-hybridized carbons (Fsp3) is 0.400. The molecule has 0 unspecified atom stereocenters. The summed E-state index contributed by atoms with van der Waals surface area (Å²) in [5.74, 6) is 1.18. The molecule has 1 aromatic carbocycles. The van der Waals surface area contributed by atoms with Crippen molar-refractivity contribution in [3.63, 3.8) is 0 Å². The zero-order chi connectivity index (χ0) is 18.3. The maximum atomic E-state index is 6.55. The van der Waals surface area contributed by atoms with Crippen LogP contribution >= 0.6 is 0 Å². The third-order valence-electron chi connectivity index (χ3n) is 5.28. The van der Waals surface area contributed by atoms with Gasteiger partial charge in [0.15, 0.2) is 11.5 Å². The molecule has 0 aliphatic heterocycles. The number of nitrogens with two attached hydrogens (primary N) is 2. The van der Waals surface area contributed by atoms with E-state index in [2.05, 4.69) is 42.3 Å². The predicted octanol–water partition coefficient (Wildman–Crippen LogP) is 3.66. The summed E-state index contributed by atoms with van der Waals surface area (Å²) in [4.78, 5) is 4.39. The third-order valence-corrected chi connectivity index (χ3v) is 5.28. The number of aryl methyl sites for hydroxylation is 2. The number of nitrogen functional groups attached to an aromatic ring is 1.